The number of rotatable bonds is 1. The molecule has 0 unspecified atom stereocenters. The minimum Gasteiger partial charge on any atom is -0.405 e. The number of aromatic nitrogens is 1. The predicted octanol–water partition coefficient (Wildman–Crippen LogP) is 2.16. The Morgan fingerprint density at radius 1 is 1.42 bits per heavy atom. The summed E-state index contributed by atoms with van der Waals surface area (Å²) in [5.74, 6) is -0.322. The molecule has 1 aromatic heterocycles. The van der Waals surface area contributed by atoms with Gasteiger partial charge in [0.1, 0.15) is 5.75 Å². The molecule has 0 aliphatic carbocycles. The third kappa shape index (κ3) is 2.41. The SMILES string of the molecule is [CH2]c1cnccc1OC(F)(F)F. The maximum atomic E-state index is 11.7. The molecule has 0 atom stereocenters. The molecule has 2 nitrogen and oxygen atoms in total. The van der Waals surface area contributed by atoms with Crippen LogP contribution in [0.4, 0.5) is 13.2 Å². The molecule has 0 spiro atoms. The quantitative estimate of drug-likeness (QED) is 0.654. The highest BCUT2D eigenvalue weighted by Crippen LogP contribution is 2.24. The summed E-state index contributed by atoms with van der Waals surface area (Å²) in [4.78, 5) is 3.57. The number of pyridine rings is 1. The van der Waals surface area contributed by atoms with Crippen LogP contribution in [0.1, 0.15) is 5.56 Å². The molecule has 1 radical (unpaired) electrons. The predicted molar refractivity (Wildman–Crippen MR) is 35.4 cm³/mol. The first kappa shape index (κ1) is 8.83. The van der Waals surface area contributed by atoms with Crippen LogP contribution in [0, 0.1) is 6.92 Å². The van der Waals surface area contributed by atoms with Gasteiger partial charge in [-0.15, -0.1) is 13.2 Å². The lowest BCUT2D eigenvalue weighted by Crippen LogP contribution is -2.17. The lowest BCUT2D eigenvalue weighted by atomic mass is 10.3. The Balaban J connectivity index is 2.83. The monoisotopic (exact) mass is 176 g/mol. The molecule has 0 aliphatic heterocycles. The molecule has 0 saturated carbocycles. The third-order valence-corrected chi connectivity index (χ3v) is 1.08. The molecule has 0 aliphatic rings. The molecule has 0 saturated heterocycles. The molecule has 12 heavy (non-hydrogen) atoms. The van der Waals surface area contributed by atoms with Crippen molar-refractivity contribution in [1.82, 2.24) is 4.98 Å². The van der Waals surface area contributed by atoms with Crippen LogP contribution in [0.15, 0.2) is 18.5 Å². The minimum atomic E-state index is -4.67. The summed E-state index contributed by atoms with van der Waals surface area (Å²) in [6.07, 6.45) is -2.27. The van der Waals surface area contributed by atoms with E-state index in [0.717, 1.165) is 6.07 Å². The van der Waals surface area contributed by atoms with Crippen LogP contribution in [0.5, 0.6) is 5.75 Å². The Morgan fingerprint density at radius 3 is 2.58 bits per heavy atom. The van der Waals surface area contributed by atoms with Gasteiger partial charge in [0.15, 0.2) is 0 Å². The number of hydrogen-bond donors (Lipinski definition) is 0. The van der Waals surface area contributed by atoms with Crippen molar-refractivity contribution in [3.8, 4) is 5.75 Å². The smallest absolute Gasteiger partial charge is 0.405 e. The van der Waals surface area contributed by atoms with Crippen LogP contribution >= 0.6 is 0 Å². The minimum absolute atomic E-state index is 0.106. The van der Waals surface area contributed by atoms with Crippen LogP contribution < -0.4 is 4.74 Å². The van der Waals surface area contributed by atoms with Gasteiger partial charge in [-0.3, -0.25) is 4.98 Å². The number of ether oxygens (including phenoxy) is 1. The zero-order valence-electron chi connectivity index (χ0n) is 5.93. The van der Waals surface area contributed by atoms with E-state index < -0.39 is 6.36 Å². The normalized spacial score (nSPS) is 11.3. The number of halogens is 3. The van der Waals surface area contributed by atoms with Gasteiger partial charge in [-0.05, 0) is 13.0 Å². The van der Waals surface area contributed by atoms with Gasteiger partial charge >= 0.3 is 6.36 Å². The average molecular weight is 176 g/mol. The molecule has 65 valence electrons. The average Bonchev–Trinajstić information content (AvgIpc) is 1.91. The van der Waals surface area contributed by atoms with Crippen molar-refractivity contribution in [2.24, 2.45) is 0 Å². The summed E-state index contributed by atoms with van der Waals surface area (Å²) in [7, 11) is 0. The fourth-order valence-electron chi connectivity index (χ4n) is 0.639. The Morgan fingerprint density at radius 2 is 2.08 bits per heavy atom. The second kappa shape index (κ2) is 3.00. The number of hydrogen-bond acceptors (Lipinski definition) is 2. The maximum Gasteiger partial charge on any atom is 0.573 e. The molecule has 0 bridgehead atoms. The molecule has 0 N–H and O–H groups in total. The van der Waals surface area contributed by atoms with Gasteiger partial charge in [-0.25, -0.2) is 0 Å². The number of nitrogens with zero attached hydrogens (tertiary/aromatic N) is 1. The molecule has 1 rings (SSSR count). The molecule has 0 fully saturated rings. The molecule has 0 amide bonds. The van der Waals surface area contributed by atoms with E-state index in [1.807, 2.05) is 0 Å². The van der Waals surface area contributed by atoms with Crippen molar-refractivity contribution in [2.45, 2.75) is 6.36 Å². The molecule has 5 heteroatoms. The highest BCUT2D eigenvalue weighted by molar-refractivity contribution is 5.32. The van der Waals surface area contributed by atoms with Gasteiger partial charge in [-0.2, -0.15) is 0 Å². The Kier molecular flexibility index (Phi) is 2.21. The molecule has 1 aromatic rings. The summed E-state index contributed by atoms with van der Waals surface area (Å²) in [6, 6.07) is 1.11. The topological polar surface area (TPSA) is 22.1 Å². The highest BCUT2D eigenvalue weighted by Gasteiger charge is 2.31. The first-order chi connectivity index (χ1) is 5.49. The van der Waals surface area contributed by atoms with Crippen LogP contribution in [0.3, 0.4) is 0 Å². The van der Waals surface area contributed by atoms with Crippen molar-refractivity contribution >= 4 is 0 Å². The third-order valence-electron chi connectivity index (χ3n) is 1.08. The second-order valence-electron chi connectivity index (χ2n) is 2.03. The summed E-state index contributed by atoms with van der Waals surface area (Å²) in [5.41, 5.74) is 0.106. The van der Waals surface area contributed by atoms with Crippen molar-refractivity contribution in [3.05, 3.63) is 30.9 Å². The van der Waals surface area contributed by atoms with Crippen molar-refractivity contribution < 1.29 is 17.9 Å². The van der Waals surface area contributed by atoms with E-state index >= 15 is 0 Å². The Hall–Kier alpha value is -1.26. The van der Waals surface area contributed by atoms with Gasteiger partial charge in [0, 0.05) is 18.0 Å². The summed E-state index contributed by atoms with van der Waals surface area (Å²) in [6.45, 7) is 3.32. The maximum absolute atomic E-state index is 11.7. The van der Waals surface area contributed by atoms with Gasteiger partial charge in [0.25, 0.3) is 0 Å². The van der Waals surface area contributed by atoms with E-state index in [2.05, 4.69) is 16.6 Å². The van der Waals surface area contributed by atoms with E-state index in [1.165, 1.54) is 12.4 Å². The fraction of sp³-hybridized carbons (Fsp3) is 0.143. The first-order valence-electron chi connectivity index (χ1n) is 3.01. The standard InChI is InChI=1S/C7H5F3NO/c1-5-4-11-3-2-6(5)12-7(8,9)10/h2-4H,1H2. The Bertz CT molecular complexity index is 272. The second-order valence-corrected chi connectivity index (χ2v) is 2.03. The first-order valence-corrected chi connectivity index (χ1v) is 3.01. The molecule has 1 heterocycles. The van der Waals surface area contributed by atoms with E-state index in [-0.39, 0.29) is 11.3 Å². The summed E-state index contributed by atoms with van der Waals surface area (Å²) >= 11 is 0. The summed E-state index contributed by atoms with van der Waals surface area (Å²) < 4.78 is 38.6. The van der Waals surface area contributed by atoms with E-state index in [1.54, 1.807) is 0 Å². The molecular weight excluding hydrogens is 171 g/mol. The highest BCUT2D eigenvalue weighted by atomic mass is 19.4. The zero-order chi connectivity index (χ0) is 9.19. The zero-order valence-corrected chi connectivity index (χ0v) is 5.93. The van der Waals surface area contributed by atoms with Gasteiger partial charge in [0.2, 0.25) is 0 Å². The lowest BCUT2D eigenvalue weighted by molar-refractivity contribution is -0.274. The van der Waals surface area contributed by atoms with Crippen molar-refractivity contribution in [3.63, 3.8) is 0 Å². The van der Waals surface area contributed by atoms with Crippen LogP contribution in [-0.2, 0) is 0 Å². The molecular formula is C7H5F3NO. The van der Waals surface area contributed by atoms with Crippen LogP contribution in [-0.4, -0.2) is 11.3 Å². The van der Waals surface area contributed by atoms with Crippen molar-refractivity contribution in [2.75, 3.05) is 0 Å². The number of alkyl halides is 3. The van der Waals surface area contributed by atoms with Crippen molar-refractivity contribution in [1.29, 1.82) is 0 Å². The molecule has 0 aromatic carbocycles. The lowest BCUT2D eigenvalue weighted by Gasteiger charge is -2.09. The van der Waals surface area contributed by atoms with Crippen LogP contribution in [0.2, 0.25) is 0 Å². The van der Waals surface area contributed by atoms with Gasteiger partial charge in [0.05, 0.1) is 0 Å². The fourth-order valence-corrected chi connectivity index (χ4v) is 0.639. The Labute approximate surface area is 67.0 Å². The summed E-state index contributed by atoms with van der Waals surface area (Å²) in [5, 5.41) is 0. The van der Waals surface area contributed by atoms with Gasteiger partial charge in [-0.1, -0.05) is 0 Å². The van der Waals surface area contributed by atoms with E-state index in [0.29, 0.717) is 0 Å². The largest absolute Gasteiger partial charge is 0.573 e. The van der Waals surface area contributed by atoms with E-state index in [4.69, 9.17) is 0 Å². The van der Waals surface area contributed by atoms with E-state index in [9.17, 15) is 13.2 Å². The van der Waals surface area contributed by atoms with Gasteiger partial charge < -0.3 is 4.74 Å². The van der Waals surface area contributed by atoms with Crippen LogP contribution in [0.25, 0.3) is 0 Å².